The number of nitrogens with one attached hydrogen (secondary N) is 2. The van der Waals surface area contributed by atoms with Crippen molar-refractivity contribution in [1.82, 2.24) is 0 Å². The second-order valence-corrected chi connectivity index (χ2v) is 5.66. The molecule has 0 saturated carbocycles. The van der Waals surface area contributed by atoms with Gasteiger partial charge in [0.25, 0.3) is 0 Å². The van der Waals surface area contributed by atoms with Gasteiger partial charge in [0, 0.05) is 5.56 Å². The monoisotopic (exact) mass is 285 g/mol. The van der Waals surface area contributed by atoms with Crippen LogP contribution >= 0.6 is 0 Å². The van der Waals surface area contributed by atoms with Crippen molar-refractivity contribution < 1.29 is 4.79 Å². The molecule has 0 aliphatic heterocycles. The molecule has 0 unspecified atom stereocenters. The number of nitriles is 1. The number of Topliss-reactive ketones (excluding diaryl/α,β-unsaturated/α-hetero) is 1. The third-order valence-electron chi connectivity index (χ3n) is 2.88. The van der Waals surface area contributed by atoms with E-state index in [-0.39, 0.29) is 16.9 Å². The van der Waals surface area contributed by atoms with Crippen LogP contribution in [0.1, 0.15) is 43.6 Å². The van der Waals surface area contributed by atoms with Crippen molar-refractivity contribution in [1.29, 1.82) is 10.7 Å². The van der Waals surface area contributed by atoms with Crippen LogP contribution in [0, 0.1) is 16.7 Å². The summed E-state index contributed by atoms with van der Waals surface area (Å²) in [7, 11) is 0. The van der Waals surface area contributed by atoms with Crippen molar-refractivity contribution in [3.63, 3.8) is 0 Å². The zero-order valence-corrected chi connectivity index (χ0v) is 12.6. The minimum atomic E-state index is -0.400. The predicted molar refractivity (Wildman–Crippen MR) is 83.7 cm³/mol. The van der Waals surface area contributed by atoms with Gasteiger partial charge in [-0.05, 0) is 36.1 Å². The molecule has 1 rings (SSSR count). The predicted octanol–water partition coefficient (Wildman–Crippen LogP) is 2.41. The highest BCUT2D eigenvalue weighted by atomic mass is 16.1. The zero-order chi connectivity index (χ0) is 16.2. The summed E-state index contributed by atoms with van der Waals surface area (Å²) < 4.78 is 0. The normalized spacial score (nSPS) is 11.7. The Morgan fingerprint density at radius 2 is 2.05 bits per heavy atom. The number of ketones is 1. The van der Waals surface area contributed by atoms with Crippen LogP contribution in [0.4, 0.5) is 5.69 Å². The quantitative estimate of drug-likeness (QED) is 0.341. The Morgan fingerprint density at radius 3 is 2.48 bits per heavy atom. The summed E-state index contributed by atoms with van der Waals surface area (Å²) in [5.74, 6) is -0.417. The first kappa shape index (κ1) is 16.4. The first-order chi connectivity index (χ1) is 9.66. The largest absolute Gasteiger partial charge is 0.382 e. The van der Waals surface area contributed by atoms with E-state index in [0.29, 0.717) is 11.3 Å². The van der Waals surface area contributed by atoms with E-state index in [1.807, 2.05) is 20.8 Å². The number of amidine groups is 1. The Labute approximate surface area is 124 Å². The van der Waals surface area contributed by atoms with E-state index in [9.17, 15) is 4.79 Å². The lowest BCUT2D eigenvalue weighted by Crippen LogP contribution is -2.22. The maximum absolute atomic E-state index is 11.5. The first-order valence-electron chi connectivity index (χ1n) is 6.40. The molecule has 110 valence electrons. The molecule has 0 aliphatic rings. The van der Waals surface area contributed by atoms with E-state index >= 15 is 0 Å². The average Bonchev–Trinajstić information content (AvgIpc) is 2.37. The molecule has 0 amide bonds. The third kappa shape index (κ3) is 4.14. The number of nitrogens with two attached hydrogens (primary N) is 1. The number of carbonyl (C=O) groups excluding carboxylic acids is 1. The summed E-state index contributed by atoms with van der Waals surface area (Å²) in [5.41, 5.74) is 9.76. The lowest BCUT2D eigenvalue weighted by Gasteiger charge is -2.23. The van der Waals surface area contributed by atoms with Crippen LogP contribution in [-0.4, -0.2) is 17.3 Å². The number of hydrazone groups is 1. The van der Waals surface area contributed by atoms with Crippen molar-refractivity contribution in [3.8, 4) is 6.07 Å². The molecule has 0 aliphatic carbocycles. The van der Waals surface area contributed by atoms with Gasteiger partial charge in [0.15, 0.2) is 11.6 Å². The number of carbonyl (C=O) groups is 1. The Bertz CT molecular complexity index is 647. The Kier molecular flexibility index (Phi) is 4.82. The van der Waals surface area contributed by atoms with E-state index in [0.717, 1.165) is 5.56 Å². The standard InChI is InChI=1S/C15H19N5O/c1-9(21)10-5-6-12(11(7-10)15(2,3)4)19-20-13(8-16)14(17)18/h5-7,19H,1-4H3,(H3,17,18)/b20-13+. The van der Waals surface area contributed by atoms with Crippen LogP contribution in [0.25, 0.3) is 0 Å². The number of benzene rings is 1. The molecule has 0 saturated heterocycles. The molecule has 0 aromatic heterocycles. The lowest BCUT2D eigenvalue weighted by atomic mass is 9.84. The highest BCUT2D eigenvalue weighted by Crippen LogP contribution is 2.30. The minimum Gasteiger partial charge on any atom is -0.382 e. The molecule has 0 fully saturated rings. The van der Waals surface area contributed by atoms with Gasteiger partial charge in [0.2, 0.25) is 5.71 Å². The number of anilines is 1. The van der Waals surface area contributed by atoms with Crippen LogP contribution in [-0.2, 0) is 5.41 Å². The van der Waals surface area contributed by atoms with Crippen molar-refractivity contribution in [2.75, 3.05) is 5.43 Å². The number of hydrogen-bond acceptors (Lipinski definition) is 5. The van der Waals surface area contributed by atoms with Gasteiger partial charge in [-0.1, -0.05) is 20.8 Å². The second kappa shape index (κ2) is 6.18. The van der Waals surface area contributed by atoms with Gasteiger partial charge < -0.3 is 5.73 Å². The van der Waals surface area contributed by atoms with Crippen molar-refractivity contribution in [2.45, 2.75) is 33.1 Å². The van der Waals surface area contributed by atoms with Gasteiger partial charge in [-0.25, -0.2) is 0 Å². The Morgan fingerprint density at radius 1 is 1.43 bits per heavy atom. The maximum Gasteiger partial charge on any atom is 0.201 e. The van der Waals surface area contributed by atoms with Gasteiger partial charge in [-0.15, -0.1) is 0 Å². The summed E-state index contributed by atoms with van der Waals surface area (Å²) >= 11 is 0. The van der Waals surface area contributed by atoms with E-state index < -0.39 is 5.84 Å². The van der Waals surface area contributed by atoms with Gasteiger partial charge in [0.05, 0.1) is 5.69 Å². The zero-order valence-electron chi connectivity index (χ0n) is 12.6. The molecule has 4 N–H and O–H groups in total. The number of rotatable bonds is 4. The van der Waals surface area contributed by atoms with Gasteiger partial charge in [-0.2, -0.15) is 10.4 Å². The van der Waals surface area contributed by atoms with Crippen LogP contribution in [0.15, 0.2) is 23.3 Å². The molecule has 6 heteroatoms. The SMILES string of the molecule is CC(=O)c1ccc(N/N=C(\C#N)C(=N)N)c(C(C)(C)C)c1. The van der Waals surface area contributed by atoms with Crippen LogP contribution in [0.3, 0.4) is 0 Å². The van der Waals surface area contributed by atoms with E-state index in [1.165, 1.54) is 6.92 Å². The fourth-order valence-electron chi connectivity index (χ4n) is 1.74. The van der Waals surface area contributed by atoms with Gasteiger partial charge >= 0.3 is 0 Å². The van der Waals surface area contributed by atoms with Crippen molar-refractivity contribution >= 4 is 23.0 Å². The Balaban J connectivity index is 3.28. The fourth-order valence-corrected chi connectivity index (χ4v) is 1.74. The number of hydrogen-bond donors (Lipinski definition) is 3. The van der Waals surface area contributed by atoms with Gasteiger partial charge in [-0.3, -0.25) is 15.6 Å². The molecule has 0 spiro atoms. The third-order valence-corrected chi connectivity index (χ3v) is 2.88. The highest BCUT2D eigenvalue weighted by molar-refractivity contribution is 6.45. The molecular formula is C15H19N5O. The molecule has 21 heavy (non-hydrogen) atoms. The summed E-state index contributed by atoms with van der Waals surface area (Å²) in [6.07, 6.45) is 0. The highest BCUT2D eigenvalue weighted by Gasteiger charge is 2.19. The van der Waals surface area contributed by atoms with Crippen LogP contribution < -0.4 is 11.2 Å². The molecule has 0 bridgehead atoms. The lowest BCUT2D eigenvalue weighted by molar-refractivity contribution is 0.101. The summed E-state index contributed by atoms with van der Waals surface area (Å²) in [4.78, 5) is 11.5. The molecule has 1 aromatic carbocycles. The summed E-state index contributed by atoms with van der Waals surface area (Å²) in [6.45, 7) is 7.54. The smallest absolute Gasteiger partial charge is 0.201 e. The molecule has 0 heterocycles. The first-order valence-corrected chi connectivity index (χ1v) is 6.40. The molecular weight excluding hydrogens is 266 g/mol. The van der Waals surface area contributed by atoms with E-state index in [2.05, 4.69) is 10.5 Å². The van der Waals surface area contributed by atoms with Crippen LogP contribution in [0.2, 0.25) is 0 Å². The van der Waals surface area contributed by atoms with Crippen molar-refractivity contribution in [2.24, 2.45) is 10.8 Å². The van der Waals surface area contributed by atoms with Crippen molar-refractivity contribution in [3.05, 3.63) is 29.3 Å². The molecule has 0 radical (unpaired) electrons. The van der Waals surface area contributed by atoms with E-state index in [4.69, 9.17) is 16.4 Å². The molecule has 6 nitrogen and oxygen atoms in total. The topological polar surface area (TPSA) is 115 Å². The maximum atomic E-state index is 11.5. The average molecular weight is 285 g/mol. The number of nitrogens with zero attached hydrogens (tertiary/aromatic N) is 2. The molecule has 1 aromatic rings. The second-order valence-electron chi connectivity index (χ2n) is 5.66. The van der Waals surface area contributed by atoms with Gasteiger partial charge in [0.1, 0.15) is 6.07 Å². The fraction of sp³-hybridized carbons (Fsp3) is 0.333. The summed E-state index contributed by atoms with van der Waals surface area (Å²) in [5, 5.41) is 19.9. The minimum absolute atomic E-state index is 0.0167. The van der Waals surface area contributed by atoms with Crippen LogP contribution in [0.5, 0.6) is 0 Å². The summed E-state index contributed by atoms with van der Waals surface area (Å²) in [6, 6.07) is 6.97. The Hall–Kier alpha value is -2.68. The molecule has 0 atom stereocenters. The van der Waals surface area contributed by atoms with E-state index in [1.54, 1.807) is 24.3 Å².